The zero-order valence-corrected chi connectivity index (χ0v) is 14.1. The minimum absolute atomic E-state index is 0.0358. The molecule has 2 heterocycles. The van der Waals surface area contributed by atoms with Crippen LogP contribution in [0.5, 0.6) is 0 Å². The van der Waals surface area contributed by atoms with Gasteiger partial charge in [0.25, 0.3) is 0 Å². The van der Waals surface area contributed by atoms with Gasteiger partial charge in [-0.15, -0.1) is 0 Å². The van der Waals surface area contributed by atoms with Gasteiger partial charge in [0, 0.05) is 32.1 Å². The van der Waals surface area contributed by atoms with Crippen molar-refractivity contribution in [2.75, 3.05) is 19.7 Å². The summed E-state index contributed by atoms with van der Waals surface area (Å²) in [6, 6.07) is 9.95. The van der Waals surface area contributed by atoms with Gasteiger partial charge in [0.15, 0.2) is 0 Å². The van der Waals surface area contributed by atoms with Gasteiger partial charge >= 0.3 is 0 Å². The zero-order valence-electron chi connectivity index (χ0n) is 14.1. The Hall–Kier alpha value is -2.27. The average molecular weight is 342 g/mol. The Morgan fingerprint density at radius 1 is 1.32 bits per heavy atom. The summed E-state index contributed by atoms with van der Waals surface area (Å²) < 4.78 is 13.3. The number of carbonyl (C=O) groups excluding carboxylic acids is 1. The van der Waals surface area contributed by atoms with E-state index in [9.17, 15) is 14.3 Å². The minimum Gasteiger partial charge on any atom is -0.396 e. The van der Waals surface area contributed by atoms with Crippen molar-refractivity contribution in [3.05, 3.63) is 65.7 Å². The summed E-state index contributed by atoms with van der Waals surface area (Å²) in [5.74, 6) is -0.504. The Morgan fingerprint density at radius 3 is 2.80 bits per heavy atom. The second kappa shape index (κ2) is 8.21. The number of halogens is 1. The van der Waals surface area contributed by atoms with Crippen LogP contribution in [0.25, 0.3) is 0 Å². The van der Waals surface area contributed by atoms with Gasteiger partial charge in [-0.05, 0) is 54.5 Å². The summed E-state index contributed by atoms with van der Waals surface area (Å²) in [6.45, 7) is 1.40. The van der Waals surface area contributed by atoms with Crippen molar-refractivity contribution >= 4 is 5.91 Å². The van der Waals surface area contributed by atoms with Crippen LogP contribution in [0, 0.1) is 11.7 Å². The normalized spacial score (nSPS) is 18.8. The van der Waals surface area contributed by atoms with Crippen LogP contribution in [0.1, 0.15) is 29.9 Å². The quantitative estimate of drug-likeness (QED) is 0.909. The third kappa shape index (κ3) is 4.42. The molecule has 1 saturated heterocycles. The van der Waals surface area contributed by atoms with Crippen LogP contribution in [0.15, 0.2) is 48.8 Å². The van der Waals surface area contributed by atoms with E-state index in [1.165, 1.54) is 12.1 Å². The SMILES string of the molecule is O=C(C(Cc1cccnc1)c1ccc(F)cc1)N1CCCC(CO)C1. The molecule has 2 atom stereocenters. The molecule has 5 heteroatoms. The predicted octanol–water partition coefficient (Wildman–Crippen LogP) is 2.78. The lowest BCUT2D eigenvalue weighted by molar-refractivity contribution is -0.135. The molecule has 0 bridgehead atoms. The third-order valence-corrected chi connectivity index (χ3v) is 4.82. The molecule has 2 unspecified atom stereocenters. The van der Waals surface area contributed by atoms with E-state index in [1.54, 1.807) is 24.5 Å². The number of amides is 1. The first-order valence-electron chi connectivity index (χ1n) is 8.71. The van der Waals surface area contributed by atoms with Crippen LogP contribution in [-0.2, 0) is 11.2 Å². The molecule has 0 saturated carbocycles. The van der Waals surface area contributed by atoms with Crippen molar-refractivity contribution in [1.82, 2.24) is 9.88 Å². The van der Waals surface area contributed by atoms with Gasteiger partial charge in [-0.2, -0.15) is 0 Å². The van der Waals surface area contributed by atoms with Gasteiger partial charge in [0.2, 0.25) is 5.91 Å². The van der Waals surface area contributed by atoms with Crippen LogP contribution < -0.4 is 0 Å². The van der Waals surface area contributed by atoms with E-state index in [1.807, 2.05) is 17.0 Å². The van der Waals surface area contributed by atoms with Crippen molar-refractivity contribution in [3.8, 4) is 0 Å². The lowest BCUT2D eigenvalue weighted by atomic mass is 9.89. The molecule has 1 aromatic heterocycles. The number of aliphatic hydroxyl groups excluding tert-OH is 1. The van der Waals surface area contributed by atoms with Crippen molar-refractivity contribution in [2.24, 2.45) is 5.92 Å². The maximum Gasteiger partial charge on any atom is 0.230 e. The molecule has 0 aliphatic carbocycles. The van der Waals surface area contributed by atoms with E-state index in [-0.39, 0.29) is 30.2 Å². The number of aliphatic hydroxyl groups is 1. The Labute approximate surface area is 147 Å². The number of likely N-dealkylation sites (tertiary alicyclic amines) is 1. The van der Waals surface area contributed by atoms with Crippen molar-refractivity contribution in [1.29, 1.82) is 0 Å². The van der Waals surface area contributed by atoms with Gasteiger partial charge in [-0.1, -0.05) is 18.2 Å². The molecule has 25 heavy (non-hydrogen) atoms. The maximum atomic E-state index is 13.3. The fraction of sp³-hybridized carbons (Fsp3) is 0.400. The van der Waals surface area contributed by atoms with E-state index >= 15 is 0 Å². The predicted molar refractivity (Wildman–Crippen MR) is 93.5 cm³/mol. The van der Waals surface area contributed by atoms with Crippen LogP contribution in [0.3, 0.4) is 0 Å². The number of rotatable bonds is 5. The van der Waals surface area contributed by atoms with E-state index in [4.69, 9.17) is 0 Å². The molecule has 2 aromatic rings. The average Bonchev–Trinajstić information content (AvgIpc) is 2.67. The number of piperidine rings is 1. The second-order valence-electron chi connectivity index (χ2n) is 6.64. The number of benzene rings is 1. The van der Waals surface area contributed by atoms with Crippen LogP contribution in [-0.4, -0.2) is 40.6 Å². The minimum atomic E-state index is -0.373. The molecule has 0 radical (unpaired) electrons. The summed E-state index contributed by atoms with van der Waals surface area (Å²) in [5, 5.41) is 9.42. The number of pyridine rings is 1. The van der Waals surface area contributed by atoms with Crippen LogP contribution in [0.2, 0.25) is 0 Å². The van der Waals surface area contributed by atoms with Crippen molar-refractivity contribution in [3.63, 3.8) is 0 Å². The van der Waals surface area contributed by atoms with Gasteiger partial charge < -0.3 is 10.0 Å². The summed E-state index contributed by atoms with van der Waals surface area (Å²) in [4.78, 5) is 19.1. The van der Waals surface area contributed by atoms with Crippen LogP contribution >= 0.6 is 0 Å². The fourth-order valence-corrected chi connectivity index (χ4v) is 3.43. The Kier molecular flexibility index (Phi) is 5.76. The molecule has 132 valence electrons. The number of carbonyl (C=O) groups is 1. The van der Waals surface area contributed by atoms with E-state index in [2.05, 4.69) is 4.98 Å². The van der Waals surface area contributed by atoms with E-state index < -0.39 is 0 Å². The number of nitrogens with zero attached hydrogens (tertiary/aromatic N) is 2. The van der Waals surface area contributed by atoms with E-state index in [0.717, 1.165) is 24.0 Å². The molecular formula is C20H23FN2O2. The van der Waals surface area contributed by atoms with Gasteiger partial charge in [-0.25, -0.2) is 4.39 Å². The first-order chi connectivity index (χ1) is 12.2. The lowest BCUT2D eigenvalue weighted by Gasteiger charge is -2.34. The number of hydrogen-bond acceptors (Lipinski definition) is 3. The second-order valence-corrected chi connectivity index (χ2v) is 6.64. The van der Waals surface area contributed by atoms with Crippen LogP contribution in [0.4, 0.5) is 4.39 Å². The van der Waals surface area contributed by atoms with Gasteiger partial charge in [-0.3, -0.25) is 9.78 Å². The summed E-state index contributed by atoms with van der Waals surface area (Å²) in [6.07, 6.45) is 5.84. The molecule has 3 rings (SSSR count). The lowest BCUT2D eigenvalue weighted by Crippen LogP contribution is -2.43. The monoisotopic (exact) mass is 342 g/mol. The number of hydrogen-bond donors (Lipinski definition) is 1. The highest BCUT2D eigenvalue weighted by Crippen LogP contribution is 2.26. The Bertz CT molecular complexity index is 691. The highest BCUT2D eigenvalue weighted by molar-refractivity contribution is 5.84. The largest absolute Gasteiger partial charge is 0.396 e. The zero-order chi connectivity index (χ0) is 17.6. The van der Waals surface area contributed by atoms with E-state index in [0.29, 0.717) is 19.5 Å². The van der Waals surface area contributed by atoms with Gasteiger partial charge in [0.05, 0.1) is 5.92 Å². The molecule has 1 aromatic carbocycles. The van der Waals surface area contributed by atoms with Crippen molar-refractivity contribution < 1.29 is 14.3 Å². The Morgan fingerprint density at radius 2 is 2.12 bits per heavy atom. The van der Waals surface area contributed by atoms with Gasteiger partial charge in [0.1, 0.15) is 5.82 Å². The molecule has 1 aliphatic rings. The fourth-order valence-electron chi connectivity index (χ4n) is 3.43. The highest BCUT2D eigenvalue weighted by Gasteiger charge is 2.30. The summed E-state index contributed by atoms with van der Waals surface area (Å²) in [5.41, 5.74) is 1.78. The topological polar surface area (TPSA) is 53.4 Å². The molecule has 0 spiro atoms. The number of aromatic nitrogens is 1. The molecule has 1 fully saturated rings. The summed E-state index contributed by atoms with van der Waals surface area (Å²) in [7, 11) is 0. The molecule has 1 aliphatic heterocycles. The standard InChI is InChI=1S/C20H23FN2O2/c21-18-7-5-17(6-8-18)19(11-15-3-1-9-22-12-15)20(25)23-10-2-4-16(13-23)14-24/h1,3,5-9,12,16,19,24H,2,4,10-11,13-14H2. The molecule has 1 amide bonds. The Balaban J connectivity index is 1.84. The molecule has 4 nitrogen and oxygen atoms in total. The first kappa shape index (κ1) is 17.5. The smallest absolute Gasteiger partial charge is 0.230 e. The summed E-state index contributed by atoms with van der Waals surface area (Å²) >= 11 is 0. The van der Waals surface area contributed by atoms with Crippen molar-refractivity contribution in [2.45, 2.75) is 25.2 Å². The highest BCUT2D eigenvalue weighted by atomic mass is 19.1. The molecule has 1 N–H and O–H groups in total. The maximum absolute atomic E-state index is 13.3. The molecular weight excluding hydrogens is 319 g/mol. The third-order valence-electron chi connectivity index (χ3n) is 4.82. The first-order valence-corrected chi connectivity index (χ1v) is 8.71.